The van der Waals surface area contributed by atoms with E-state index in [1.54, 1.807) is 27.0 Å². The highest BCUT2D eigenvalue weighted by Crippen LogP contribution is 2.18. The van der Waals surface area contributed by atoms with Crippen LogP contribution in [-0.2, 0) is 9.59 Å². The molecule has 2 aromatic rings. The molecule has 1 heterocycles. The van der Waals surface area contributed by atoms with Gasteiger partial charge in [0.2, 0.25) is 11.8 Å². The lowest BCUT2D eigenvalue weighted by Crippen LogP contribution is -2.41. The van der Waals surface area contributed by atoms with Crippen LogP contribution in [0.3, 0.4) is 0 Å². The van der Waals surface area contributed by atoms with Gasteiger partial charge in [0.05, 0.1) is 7.11 Å². The number of anilines is 1. The molecule has 0 saturated heterocycles. The van der Waals surface area contributed by atoms with Crippen molar-refractivity contribution in [1.29, 1.82) is 0 Å². The van der Waals surface area contributed by atoms with E-state index in [4.69, 9.17) is 9.26 Å². The van der Waals surface area contributed by atoms with Gasteiger partial charge in [-0.2, -0.15) is 0 Å². The molecule has 0 radical (unpaired) electrons. The lowest BCUT2D eigenvalue weighted by molar-refractivity contribution is -0.123. The maximum atomic E-state index is 12.1. The van der Waals surface area contributed by atoms with E-state index < -0.39 is 6.04 Å². The summed E-state index contributed by atoms with van der Waals surface area (Å²) in [7, 11) is 1.60. The van der Waals surface area contributed by atoms with Gasteiger partial charge >= 0.3 is 0 Å². The molecule has 132 valence electrons. The number of benzene rings is 1. The van der Waals surface area contributed by atoms with Crippen molar-refractivity contribution in [3.63, 3.8) is 0 Å². The van der Waals surface area contributed by atoms with Crippen LogP contribution in [0.15, 0.2) is 40.9 Å². The fourth-order valence-corrected chi connectivity index (χ4v) is 2.11. The first-order valence-corrected chi connectivity index (χ1v) is 7.76. The van der Waals surface area contributed by atoms with Crippen LogP contribution in [0.25, 0.3) is 5.57 Å². The van der Waals surface area contributed by atoms with Gasteiger partial charge in [0.25, 0.3) is 0 Å². The minimum atomic E-state index is -0.718. The molecule has 0 bridgehead atoms. The minimum absolute atomic E-state index is 0.313. The van der Waals surface area contributed by atoms with Crippen molar-refractivity contribution < 1.29 is 18.8 Å². The molecule has 0 spiro atoms. The predicted molar refractivity (Wildman–Crippen MR) is 94.1 cm³/mol. The van der Waals surface area contributed by atoms with Crippen LogP contribution in [0.1, 0.15) is 25.2 Å². The maximum Gasteiger partial charge on any atom is 0.247 e. The average Bonchev–Trinajstić information content (AvgIpc) is 2.99. The molecular formula is C18H21N3O4. The van der Waals surface area contributed by atoms with E-state index in [0.717, 1.165) is 16.9 Å². The van der Waals surface area contributed by atoms with Crippen LogP contribution in [-0.4, -0.2) is 30.1 Å². The molecule has 2 N–H and O–H groups in total. The zero-order valence-electron chi connectivity index (χ0n) is 14.6. The molecule has 0 fully saturated rings. The Morgan fingerprint density at radius 3 is 2.52 bits per heavy atom. The maximum absolute atomic E-state index is 12.1. The molecule has 2 rings (SSSR count). The molecule has 0 aliphatic rings. The van der Waals surface area contributed by atoms with Crippen molar-refractivity contribution >= 4 is 23.2 Å². The Bertz CT molecular complexity index is 778. The van der Waals surface area contributed by atoms with Crippen molar-refractivity contribution in [1.82, 2.24) is 10.5 Å². The van der Waals surface area contributed by atoms with Gasteiger partial charge in [0.15, 0.2) is 5.82 Å². The Hall–Kier alpha value is -3.09. The number of carbonyl (C=O) groups is 2. The molecule has 0 saturated carbocycles. The van der Waals surface area contributed by atoms with E-state index >= 15 is 0 Å². The highest BCUT2D eigenvalue weighted by Gasteiger charge is 2.16. The number of nitrogens with one attached hydrogen (secondary N) is 2. The van der Waals surface area contributed by atoms with Gasteiger partial charge < -0.3 is 19.9 Å². The third-order valence-electron chi connectivity index (χ3n) is 3.52. The predicted octanol–water partition coefficient (Wildman–Crippen LogP) is 2.54. The largest absolute Gasteiger partial charge is 0.497 e. The summed E-state index contributed by atoms with van der Waals surface area (Å²) < 4.78 is 9.98. The number of aromatic nitrogens is 1. The van der Waals surface area contributed by atoms with Crippen LogP contribution in [0, 0.1) is 6.92 Å². The van der Waals surface area contributed by atoms with Gasteiger partial charge in [-0.15, -0.1) is 0 Å². The summed E-state index contributed by atoms with van der Waals surface area (Å²) in [4.78, 5) is 24.1. The Morgan fingerprint density at radius 1 is 1.28 bits per heavy atom. The lowest BCUT2D eigenvalue weighted by atomic mass is 10.1. The smallest absolute Gasteiger partial charge is 0.247 e. The Labute approximate surface area is 146 Å². The molecule has 0 aliphatic carbocycles. The van der Waals surface area contributed by atoms with Gasteiger partial charge in [-0.25, -0.2) is 0 Å². The fraction of sp³-hybridized carbons (Fsp3) is 0.278. The zero-order valence-corrected chi connectivity index (χ0v) is 14.6. The topological polar surface area (TPSA) is 93.5 Å². The number of aryl methyl sites for hydroxylation is 1. The van der Waals surface area contributed by atoms with Crippen molar-refractivity contribution in [3.05, 3.63) is 47.7 Å². The van der Waals surface area contributed by atoms with Gasteiger partial charge in [0.1, 0.15) is 17.6 Å². The van der Waals surface area contributed by atoms with Gasteiger partial charge in [-0.1, -0.05) is 17.3 Å². The number of hydrogen-bond acceptors (Lipinski definition) is 5. The summed E-state index contributed by atoms with van der Waals surface area (Å²) in [5, 5.41) is 8.87. The highest BCUT2D eigenvalue weighted by atomic mass is 16.5. The summed E-state index contributed by atoms with van der Waals surface area (Å²) in [6.45, 7) is 5.14. The number of methoxy groups -OCH3 is 1. The van der Waals surface area contributed by atoms with Gasteiger partial charge in [-0.05, 0) is 44.0 Å². The summed E-state index contributed by atoms with van der Waals surface area (Å²) in [6, 6.07) is 8.24. The molecule has 25 heavy (non-hydrogen) atoms. The summed E-state index contributed by atoms with van der Waals surface area (Å²) in [5.74, 6) is 0.914. The van der Waals surface area contributed by atoms with Crippen LogP contribution in [0.2, 0.25) is 0 Å². The van der Waals surface area contributed by atoms with E-state index in [0.29, 0.717) is 11.6 Å². The second-order valence-corrected chi connectivity index (χ2v) is 5.60. The number of nitrogens with zero attached hydrogens (tertiary/aromatic N) is 1. The van der Waals surface area contributed by atoms with Crippen LogP contribution < -0.4 is 15.4 Å². The Balaban J connectivity index is 1.93. The van der Waals surface area contributed by atoms with E-state index in [-0.39, 0.29) is 11.8 Å². The highest BCUT2D eigenvalue weighted by molar-refractivity contribution is 6.00. The molecule has 0 unspecified atom stereocenters. The first kappa shape index (κ1) is 18.3. The number of amides is 2. The minimum Gasteiger partial charge on any atom is -0.497 e. The monoisotopic (exact) mass is 343 g/mol. The van der Waals surface area contributed by atoms with Crippen molar-refractivity contribution in [2.45, 2.75) is 26.8 Å². The average molecular weight is 343 g/mol. The van der Waals surface area contributed by atoms with Crippen LogP contribution >= 0.6 is 0 Å². The van der Waals surface area contributed by atoms with E-state index in [2.05, 4.69) is 15.8 Å². The first-order valence-electron chi connectivity index (χ1n) is 7.76. The second kappa shape index (κ2) is 8.14. The fourth-order valence-electron chi connectivity index (χ4n) is 2.11. The second-order valence-electron chi connectivity index (χ2n) is 5.60. The molecule has 2 amide bonds. The Kier molecular flexibility index (Phi) is 5.94. The quantitative estimate of drug-likeness (QED) is 0.786. The van der Waals surface area contributed by atoms with E-state index in [1.165, 1.54) is 6.08 Å². The lowest BCUT2D eigenvalue weighted by Gasteiger charge is -2.12. The van der Waals surface area contributed by atoms with Crippen LogP contribution in [0.4, 0.5) is 5.82 Å². The SMILES string of the molecule is COc1ccc(/C(C)=C/C(=O)N[C@@H](C)C(=O)Nc2cc(C)on2)cc1. The van der Waals surface area contributed by atoms with E-state index in [1.807, 2.05) is 31.2 Å². The molecular weight excluding hydrogens is 322 g/mol. The van der Waals surface area contributed by atoms with Crippen molar-refractivity contribution in [2.75, 3.05) is 12.4 Å². The van der Waals surface area contributed by atoms with Gasteiger partial charge in [-0.3, -0.25) is 9.59 Å². The normalized spacial score (nSPS) is 12.4. The molecule has 7 heteroatoms. The Morgan fingerprint density at radius 2 is 1.96 bits per heavy atom. The molecule has 0 aliphatic heterocycles. The third-order valence-corrected chi connectivity index (χ3v) is 3.52. The zero-order chi connectivity index (χ0) is 18.4. The first-order chi connectivity index (χ1) is 11.9. The van der Waals surface area contributed by atoms with E-state index in [9.17, 15) is 9.59 Å². The molecule has 1 atom stereocenters. The van der Waals surface area contributed by atoms with Crippen LogP contribution in [0.5, 0.6) is 5.75 Å². The summed E-state index contributed by atoms with van der Waals surface area (Å²) in [5.41, 5.74) is 1.67. The third kappa shape index (κ3) is 5.20. The number of carbonyl (C=O) groups excluding carboxylic acids is 2. The van der Waals surface area contributed by atoms with Crippen molar-refractivity contribution in [3.8, 4) is 5.75 Å². The number of allylic oxidation sites excluding steroid dienone is 1. The molecule has 1 aromatic heterocycles. The number of rotatable bonds is 6. The standard InChI is InChI=1S/C18H21N3O4/c1-11(14-5-7-15(24-4)8-6-14)9-17(22)19-13(3)18(23)20-16-10-12(2)25-21-16/h5-10,13H,1-4H3,(H,19,22)(H,20,21,23)/b11-9+/t13-/m0/s1. The molecule has 7 nitrogen and oxygen atoms in total. The number of ether oxygens (including phenoxy) is 1. The summed E-state index contributed by atoms with van der Waals surface area (Å²) >= 11 is 0. The number of hydrogen-bond donors (Lipinski definition) is 2. The van der Waals surface area contributed by atoms with Gasteiger partial charge in [0, 0.05) is 12.1 Å². The van der Waals surface area contributed by atoms with Crippen molar-refractivity contribution in [2.24, 2.45) is 0 Å². The summed E-state index contributed by atoms with van der Waals surface area (Å²) in [6.07, 6.45) is 1.45. The molecule has 1 aromatic carbocycles.